The van der Waals surface area contributed by atoms with E-state index in [1.54, 1.807) is 0 Å². The largest absolute Gasteiger partial charge is 0.394 e. The summed E-state index contributed by atoms with van der Waals surface area (Å²) in [6, 6.07) is 0.0486. The Hall–Kier alpha value is -0.570. The smallest absolute Gasteiger partial charge is 0.222 e. The van der Waals surface area contributed by atoms with Gasteiger partial charge in [-0.1, -0.05) is 0 Å². The van der Waals surface area contributed by atoms with E-state index in [0.29, 0.717) is 6.42 Å². The summed E-state index contributed by atoms with van der Waals surface area (Å²) in [4.78, 5) is 10.0. The summed E-state index contributed by atoms with van der Waals surface area (Å²) in [5, 5.41) is 10.8. The van der Waals surface area contributed by atoms with Crippen LogP contribution in [0.1, 0.15) is 6.42 Å². The van der Waals surface area contributed by atoms with Crippen LogP contribution in [0.15, 0.2) is 0 Å². The van der Waals surface area contributed by atoms with E-state index in [0.717, 1.165) is 0 Å². The highest BCUT2D eigenvalue weighted by Gasteiger charge is 2.23. The van der Waals surface area contributed by atoms with E-state index in [1.807, 2.05) is 0 Å². The summed E-state index contributed by atoms with van der Waals surface area (Å²) in [5.41, 5.74) is 0. The minimum absolute atomic E-state index is 0.0408. The van der Waals surface area contributed by atoms with E-state index < -0.39 is 0 Å². The SMILES string of the molecule is O=C1C[C@@H](CO)N1. The van der Waals surface area contributed by atoms with Gasteiger partial charge in [-0.05, 0) is 0 Å². The fraction of sp³-hybridized carbons (Fsp3) is 0.750. The van der Waals surface area contributed by atoms with Crippen LogP contribution in [0, 0.1) is 0 Å². The molecule has 1 aliphatic heterocycles. The lowest BCUT2D eigenvalue weighted by Gasteiger charge is -2.23. The Morgan fingerprint density at radius 1 is 2.00 bits per heavy atom. The van der Waals surface area contributed by atoms with Gasteiger partial charge in [-0.3, -0.25) is 4.79 Å². The van der Waals surface area contributed by atoms with Crippen LogP contribution < -0.4 is 5.32 Å². The van der Waals surface area contributed by atoms with E-state index in [-0.39, 0.29) is 18.6 Å². The molecule has 7 heavy (non-hydrogen) atoms. The second-order valence-corrected chi connectivity index (χ2v) is 1.65. The van der Waals surface area contributed by atoms with Gasteiger partial charge in [-0.25, -0.2) is 0 Å². The minimum atomic E-state index is 0.0408. The van der Waals surface area contributed by atoms with Crippen LogP contribution in [0.25, 0.3) is 0 Å². The van der Waals surface area contributed by atoms with E-state index >= 15 is 0 Å². The average Bonchev–Trinajstić information content (AvgIpc) is 1.58. The van der Waals surface area contributed by atoms with Crippen molar-refractivity contribution in [2.75, 3.05) is 6.61 Å². The monoisotopic (exact) mass is 101 g/mol. The molecular formula is C4H7NO2. The lowest BCUT2D eigenvalue weighted by molar-refractivity contribution is -0.129. The Kier molecular flexibility index (Phi) is 0.982. The number of amides is 1. The molecular weight excluding hydrogens is 94.0 g/mol. The molecule has 3 nitrogen and oxygen atoms in total. The molecule has 2 N–H and O–H groups in total. The Morgan fingerprint density at radius 3 is 2.71 bits per heavy atom. The average molecular weight is 101 g/mol. The maximum absolute atomic E-state index is 10.0. The predicted octanol–water partition coefficient (Wildman–Crippen LogP) is -1.13. The van der Waals surface area contributed by atoms with Crippen molar-refractivity contribution < 1.29 is 9.90 Å². The van der Waals surface area contributed by atoms with Gasteiger partial charge in [0.15, 0.2) is 0 Å². The summed E-state index contributed by atoms with van der Waals surface area (Å²) < 4.78 is 0. The first-order valence-electron chi connectivity index (χ1n) is 2.23. The molecule has 1 rings (SSSR count). The number of nitrogens with one attached hydrogen (secondary N) is 1. The summed E-state index contributed by atoms with van der Waals surface area (Å²) in [6.07, 6.45) is 0.497. The van der Waals surface area contributed by atoms with E-state index in [1.165, 1.54) is 0 Å². The molecule has 0 aromatic rings. The third-order valence-corrected chi connectivity index (χ3v) is 1.02. The van der Waals surface area contributed by atoms with Gasteiger partial charge in [-0.2, -0.15) is 0 Å². The third kappa shape index (κ3) is 0.718. The maximum Gasteiger partial charge on any atom is 0.222 e. The van der Waals surface area contributed by atoms with Crippen molar-refractivity contribution in [3.8, 4) is 0 Å². The third-order valence-electron chi connectivity index (χ3n) is 1.02. The highest BCUT2D eigenvalue weighted by molar-refractivity contribution is 5.82. The van der Waals surface area contributed by atoms with Gasteiger partial charge in [0.2, 0.25) is 5.91 Å². The standard InChI is InChI=1S/C4H7NO2/c6-2-3-1-4(7)5-3/h3,6H,1-2H2,(H,5,7)/t3-/m0/s1. The molecule has 0 aliphatic carbocycles. The Labute approximate surface area is 41.3 Å². The maximum atomic E-state index is 10.0. The molecule has 1 saturated heterocycles. The molecule has 0 saturated carbocycles. The number of aliphatic hydroxyl groups is 1. The highest BCUT2D eigenvalue weighted by Crippen LogP contribution is 2.00. The molecule has 0 aromatic heterocycles. The van der Waals surface area contributed by atoms with Crippen LogP contribution in [-0.2, 0) is 4.79 Å². The zero-order chi connectivity index (χ0) is 5.28. The first-order valence-corrected chi connectivity index (χ1v) is 2.23. The summed E-state index contributed by atoms with van der Waals surface area (Å²) in [5.74, 6) is 0.0408. The van der Waals surface area contributed by atoms with Crippen molar-refractivity contribution in [3.05, 3.63) is 0 Å². The van der Waals surface area contributed by atoms with Gasteiger partial charge in [0.05, 0.1) is 12.6 Å². The molecule has 1 aliphatic rings. The Morgan fingerprint density at radius 2 is 2.57 bits per heavy atom. The molecule has 1 fully saturated rings. The van der Waals surface area contributed by atoms with Gasteiger partial charge in [0, 0.05) is 6.42 Å². The van der Waals surface area contributed by atoms with Crippen LogP contribution in [0.5, 0.6) is 0 Å². The van der Waals surface area contributed by atoms with Gasteiger partial charge < -0.3 is 10.4 Å². The molecule has 0 aromatic carbocycles. The molecule has 0 bridgehead atoms. The van der Waals surface area contributed by atoms with Crippen LogP contribution in [0.3, 0.4) is 0 Å². The Bertz CT molecular complexity index is 83.7. The molecule has 1 atom stereocenters. The molecule has 0 unspecified atom stereocenters. The van der Waals surface area contributed by atoms with Crippen LogP contribution in [-0.4, -0.2) is 23.7 Å². The molecule has 0 radical (unpaired) electrons. The number of carbonyl (C=O) groups excluding carboxylic acids is 1. The summed E-state index contributed by atoms with van der Waals surface area (Å²) in [7, 11) is 0. The van der Waals surface area contributed by atoms with Crippen molar-refractivity contribution in [1.82, 2.24) is 5.32 Å². The number of aliphatic hydroxyl groups excluding tert-OH is 1. The van der Waals surface area contributed by atoms with Gasteiger partial charge in [0.1, 0.15) is 0 Å². The lowest BCUT2D eigenvalue weighted by Crippen LogP contribution is -2.50. The quantitative estimate of drug-likeness (QED) is 0.410. The normalized spacial score (nSPS) is 28.7. The van der Waals surface area contributed by atoms with E-state index in [9.17, 15) is 4.79 Å². The second-order valence-electron chi connectivity index (χ2n) is 1.65. The van der Waals surface area contributed by atoms with Crippen molar-refractivity contribution in [1.29, 1.82) is 0 Å². The fourth-order valence-corrected chi connectivity index (χ4v) is 0.541. The number of hydrogen-bond acceptors (Lipinski definition) is 2. The van der Waals surface area contributed by atoms with Crippen LogP contribution in [0.2, 0.25) is 0 Å². The number of β-lactam (4-membered cyclic amide) rings is 1. The Balaban J connectivity index is 2.17. The molecule has 0 spiro atoms. The molecule has 3 heteroatoms. The zero-order valence-corrected chi connectivity index (χ0v) is 3.85. The number of carbonyl (C=O) groups is 1. The topological polar surface area (TPSA) is 49.3 Å². The summed E-state index contributed by atoms with van der Waals surface area (Å²) in [6.45, 7) is 0.0751. The number of hydrogen-bond donors (Lipinski definition) is 2. The lowest BCUT2D eigenvalue weighted by atomic mass is 10.1. The van der Waals surface area contributed by atoms with Crippen molar-refractivity contribution in [3.63, 3.8) is 0 Å². The fourth-order valence-electron chi connectivity index (χ4n) is 0.541. The van der Waals surface area contributed by atoms with Crippen LogP contribution in [0.4, 0.5) is 0 Å². The first-order chi connectivity index (χ1) is 3.33. The van der Waals surface area contributed by atoms with Crippen molar-refractivity contribution in [2.24, 2.45) is 0 Å². The molecule has 1 amide bonds. The predicted molar refractivity (Wildman–Crippen MR) is 23.6 cm³/mol. The van der Waals surface area contributed by atoms with Crippen molar-refractivity contribution in [2.45, 2.75) is 12.5 Å². The molecule has 40 valence electrons. The zero-order valence-electron chi connectivity index (χ0n) is 3.85. The van der Waals surface area contributed by atoms with Gasteiger partial charge >= 0.3 is 0 Å². The highest BCUT2D eigenvalue weighted by atomic mass is 16.3. The van der Waals surface area contributed by atoms with E-state index in [4.69, 9.17) is 5.11 Å². The van der Waals surface area contributed by atoms with Gasteiger partial charge in [0.25, 0.3) is 0 Å². The summed E-state index contributed by atoms with van der Waals surface area (Å²) >= 11 is 0. The van der Waals surface area contributed by atoms with E-state index in [2.05, 4.69) is 5.32 Å². The minimum Gasteiger partial charge on any atom is -0.394 e. The van der Waals surface area contributed by atoms with Gasteiger partial charge in [-0.15, -0.1) is 0 Å². The molecule has 1 heterocycles. The van der Waals surface area contributed by atoms with Crippen molar-refractivity contribution >= 4 is 5.91 Å². The second kappa shape index (κ2) is 1.50. The van der Waals surface area contributed by atoms with Crippen LogP contribution >= 0.6 is 0 Å². The number of rotatable bonds is 1. The first kappa shape index (κ1) is 4.59.